The lowest BCUT2D eigenvalue weighted by Gasteiger charge is -2.36. The van der Waals surface area contributed by atoms with Gasteiger partial charge < -0.3 is 20.1 Å². The number of hydrogen-bond donors (Lipinski definition) is 1. The average Bonchev–Trinajstić information content (AvgIpc) is 2.85. The number of nitrogens with two attached hydrogens (primary N) is 1. The third-order valence-electron chi connectivity index (χ3n) is 3.19. The minimum atomic E-state index is 0.328. The first kappa shape index (κ1) is 11.0. The predicted octanol–water partition coefficient (Wildman–Crippen LogP) is 1.30. The van der Waals surface area contributed by atoms with E-state index in [-0.39, 0.29) is 0 Å². The van der Waals surface area contributed by atoms with Gasteiger partial charge in [-0.3, -0.25) is 0 Å². The molecule has 17 heavy (non-hydrogen) atoms. The Labute approximate surface area is 105 Å². The van der Waals surface area contributed by atoms with Crippen LogP contribution in [0, 0.1) is 0 Å². The third kappa shape index (κ3) is 2.05. The summed E-state index contributed by atoms with van der Waals surface area (Å²) in [4.78, 5) is 2.37. The van der Waals surface area contributed by atoms with Crippen molar-refractivity contribution in [1.82, 2.24) is 0 Å². The van der Waals surface area contributed by atoms with Crippen LogP contribution in [0.15, 0.2) is 18.2 Å². The van der Waals surface area contributed by atoms with Gasteiger partial charge in [0.2, 0.25) is 6.79 Å². The molecule has 2 heterocycles. The van der Waals surface area contributed by atoms with Gasteiger partial charge in [0.15, 0.2) is 11.5 Å². The fourth-order valence-corrected chi connectivity index (χ4v) is 3.33. The van der Waals surface area contributed by atoms with E-state index < -0.39 is 0 Å². The smallest absolute Gasteiger partial charge is 0.231 e. The van der Waals surface area contributed by atoms with Crippen molar-refractivity contribution in [1.29, 1.82) is 0 Å². The largest absolute Gasteiger partial charge is 0.454 e. The molecule has 5 heteroatoms. The van der Waals surface area contributed by atoms with E-state index in [4.69, 9.17) is 15.2 Å². The van der Waals surface area contributed by atoms with Crippen molar-refractivity contribution < 1.29 is 9.47 Å². The number of hydrogen-bond acceptors (Lipinski definition) is 5. The monoisotopic (exact) mass is 252 g/mol. The van der Waals surface area contributed by atoms with Crippen LogP contribution in [0.5, 0.6) is 11.5 Å². The van der Waals surface area contributed by atoms with Crippen LogP contribution in [0.1, 0.15) is 0 Å². The molecule has 1 aromatic carbocycles. The van der Waals surface area contributed by atoms with Crippen LogP contribution in [0.4, 0.5) is 5.69 Å². The highest BCUT2D eigenvalue weighted by molar-refractivity contribution is 7.99. The van der Waals surface area contributed by atoms with Gasteiger partial charge in [-0.05, 0) is 12.1 Å². The number of ether oxygens (including phenoxy) is 2. The Morgan fingerprint density at radius 1 is 1.35 bits per heavy atom. The Hall–Kier alpha value is -1.07. The highest BCUT2D eigenvalue weighted by Crippen LogP contribution is 2.36. The topological polar surface area (TPSA) is 47.7 Å². The lowest BCUT2D eigenvalue weighted by Crippen LogP contribution is -2.46. The number of rotatable bonds is 2. The minimum absolute atomic E-state index is 0.328. The second-order valence-electron chi connectivity index (χ2n) is 4.20. The second kappa shape index (κ2) is 4.66. The molecule has 2 aliphatic rings. The maximum atomic E-state index is 5.83. The molecule has 4 nitrogen and oxygen atoms in total. The van der Waals surface area contributed by atoms with Crippen LogP contribution in [0.25, 0.3) is 0 Å². The maximum Gasteiger partial charge on any atom is 0.231 e. The van der Waals surface area contributed by atoms with Gasteiger partial charge in [0.1, 0.15) is 0 Å². The molecular weight excluding hydrogens is 236 g/mol. The zero-order valence-electron chi connectivity index (χ0n) is 9.59. The van der Waals surface area contributed by atoms with Crippen molar-refractivity contribution in [2.75, 3.05) is 36.3 Å². The zero-order valence-corrected chi connectivity index (χ0v) is 10.4. The molecule has 0 radical (unpaired) electrons. The summed E-state index contributed by atoms with van der Waals surface area (Å²) in [6.45, 7) is 2.07. The van der Waals surface area contributed by atoms with Crippen molar-refractivity contribution in [3.63, 3.8) is 0 Å². The Bertz CT molecular complexity index is 413. The number of nitrogens with zero attached hydrogens (tertiary/aromatic N) is 1. The standard InChI is InChI=1S/C12H16N2O2S/c13-6-10-7-17-4-3-14(10)9-1-2-11-12(5-9)16-8-15-11/h1-2,5,10H,3-4,6-8,13H2. The van der Waals surface area contributed by atoms with Gasteiger partial charge >= 0.3 is 0 Å². The predicted molar refractivity (Wildman–Crippen MR) is 70.1 cm³/mol. The summed E-state index contributed by atoms with van der Waals surface area (Å²) in [7, 11) is 0. The van der Waals surface area contributed by atoms with Gasteiger partial charge in [0.25, 0.3) is 0 Å². The lowest BCUT2D eigenvalue weighted by atomic mass is 10.2. The van der Waals surface area contributed by atoms with Crippen molar-refractivity contribution in [3.05, 3.63) is 18.2 Å². The number of thioether (sulfide) groups is 1. The van der Waals surface area contributed by atoms with Crippen LogP contribution in [-0.2, 0) is 0 Å². The van der Waals surface area contributed by atoms with Gasteiger partial charge in [0.05, 0.1) is 6.04 Å². The molecule has 0 amide bonds. The fraction of sp³-hybridized carbons (Fsp3) is 0.500. The van der Waals surface area contributed by atoms with E-state index in [9.17, 15) is 0 Å². The SMILES string of the molecule is NCC1CSCCN1c1ccc2c(c1)OCO2. The molecule has 0 bridgehead atoms. The molecule has 0 spiro atoms. The number of benzene rings is 1. The summed E-state index contributed by atoms with van der Waals surface area (Å²) < 4.78 is 10.7. The van der Waals surface area contributed by atoms with Gasteiger partial charge in [-0.2, -0.15) is 11.8 Å². The van der Waals surface area contributed by atoms with Gasteiger partial charge in [-0.1, -0.05) is 0 Å². The maximum absolute atomic E-state index is 5.83. The molecule has 2 aliphatic heterocycles. The summed E-state index contributed by atoms with van der Waals surface area (Å²) in [5, 5.41) is 0. The van der Waals surface area contributed by atoms with Gasteiger partial charge in [-0.25, -0.2) is 0 Å². The number of fused-ring (bicyclic) bond motifs is 1. The summed E-state index contributed by atoms with van der Waals surface area (Å²) in [6.07, 6.45) is 0. The van der Waals surface area contributed by atoms with E-state index in [1.807, 2.05) is 17.8 Å². The molecule has 3 rings (SSSR count). The summed E-state index contributed by atoms with van der Waals surface area (Å²) in [5.41, 5.74) is 7.02. The molecule has 0 aliphatic carbocycles. The van der Waals surface area contributed by atoms with Gasteiger partial charge in [-0.15, -0.1) is 0 Å². The molecule has 2 N–H and O–H groups in total. The lowest BCUT2D eigenvalue weighted by molar-refractivity contribution is 0.174. The number of anilines is 1. The van der Waals surface area contributed by atoms with Crippen LogP contribution in [0.2, 0.25) is 0 Å². The Morgan fingerprint density at radius 2 is 2.24 bits per heavy atom. The first-order valence-electron chi connectivity index (χ1n) is 5.82. The third-order valence-corrected chi connectivity index (χ3v) is 4.28. The van der Waals surface area contributed by atoms with E-state index in [0.29, 0.717) is 19.4 Å². The minimum Gasteiger partial charge on any atom is -0.454 e. The van der Waals surface area contributed by atoms with E-state index in [1.165, 1.54) is 5.69 Å². The van der Waals surface area contributed by atoms with Crippen LogP contribution >= 0.6 is 11.8 Å². The van der Waals surface area contributed by atoms with Crippen molar-refractivity contribution in [2.45, 2.75) is 6.04 Å². The first-order valence-corrected chi connectivity index (χ1v) is 6.98. The summed E-state index contributed by atoms with van der Waals surface area (Å²) in [5.74, 6) is 3.94. The Kier molecular flexibility index (Phi) is 3.03. The molecule has 1 fully saturated rings. The average molecular weight is 252 g/mol. The second-order valence-corrected chi connectivity index (χ2v) is 5.35. The summed E-state index contributed by atoms with van der Waals surface area (Å²) in [6, 6.07) is 6.55. The Balaban J connectivity index is 1.87. The van der Waals surface area contributed by atoms with E-state index in [1.54, 1.807) is 0 Å². The molecule has 1 saturated heterocycles. The zero-order chi connectivity index (χ0) is 11.7. The Morgan fingerprint density at radius 3 is 3.12 bits per heavy atom. The molecular formula is C12H16N2O2S. The van der Waals surface area contributed by atoms with Crippen molar-refractivity contribution >= 4 is 17.4 Å². The molecule has 1 atom stereocenters. The fourth-order valence-electron chi connectivity index (χ4n) is 2.25. The molecule has 0 aromatic heterocycles. The van der Waals surface area contributed by atoms with E-state index in [0.717, 1.165) is 29.5 Å². The summed E-state index contributed by atoms with van der Waals surface area (Å²) >= 11 is 1.97. The molecule has 1 aromatic rings. The van der Waals surface area contributed by atoms with Crippen molar-refractivity contribution in [2.24, 2.45) is 5.73 Å². The van der Waals surface area contributed by atoms with Crippen LogP contribution in [-0.4, -0.2) is 37.4 Å². The molecule has 0 saturated carbocycles. The highest BCUT2D eigenvalue weighted by atomic mass is 32.2. The van der Waals surface area contributed by atoms with Crippen LogP contribution in [0.3, 0.4) is 0 Å². The quantitative estimate of drug-likeness (QED) is 0.859. The van der Waals surface area contributed by atoms with Gasteiger partial charge in [0, 0.05) is 36.3 Å². The van der Waals surface area contributed by atoms with E-state index in [2.05, 4.69) is 17.0 Å². The molecule has 92 valence electrons. The van der Waals surface area contributed by atoms with E-state index >= 15 is 0 Å². The van der Waals surface area contributed by atoms with Crippen molar-refractivity contribution in [3.8, 4) is 11.5 Å². The molecule has 1 unspecified atom stereocenters. The normalized spacial score (nSPS) is 22.9. The highest BCUT2D eigenvalue weighted by Gasteiger charge is 2.23. The van der Waals surface area contributed by atoms with Crippen LogP contribution < -0.4 is 20.1 Å². The first-order chi connectivity index (χ1) is 8.38.